The standard InChI is InChI=1S/C29H28N4O5/c30-26(35)12-22(20-8-9-31-23-5-2-1-4-21(20)23)29-28(37)25(34)11-19(38-29)16-32-13-17-10-18(15-32)24-6-3-7-27(36)33(24)14-17/h1-9,11,17-18,22,37H,10,12-16H2,(H2,30,35)/t17-,18+,22-/m1/s1. The minimum Gasteiger partial charge on any atom is -0.502 e. The Balaban J connectivity index is 1.35. The smallest absolute Gasteiger partial charge is 0.250 e. The molecule has 194 valence electrons. The van der Waals surface area contributed by atoms with Crippen molar-refractivity contribution >= 4 is 16.8 Å². The van der Waals surface area contributed by atoms with E-state index < -0.39 is 23.0 Å². The van der Waals surface area contributed by atoms with E-state index in [0.717, 1.165) is 36.1 Å². The Kier molecular flexibility index (Phi) is 6.07. The van der Waals surface area contributed by atoms with Crippen LogP contribution in [0.4, 0.5) is 0 Å². The highest BCUT2D eigenvalue weighted by molar-refractivity contribution is 5.84. The number of hydrogen-bond donors (Lipinski definition) is 2. The zero-order valence-corrected chi connectivity index (χ0v) is 20.7. The van der Waals surface area contributed by atoms with E-state index in [4.69, 9.17) is 10.2 Å². The van der Waals surface area contributed by atoms with Gasteiger partial charge in [-0.2, -0.15) is 0 Å². The van der Waals surface area contributed by atoms with Crippen molar-refractivity contribution in [3.05, 3.63) is 104 Å². The number of pyridine rings is 2. The van der Waals surface area contributed by atoms with Gasteiger partial charge < -0.3 is 19.8 Å². The van der Waals surface area contributed by atoms with Gasteiger partial charge in [-0.1, -0.05) is 24.3 Å². The SMILES string of the molecule is NC(=O)C[C@@H](c1oc(CN2C[C@H]3C[C@@H](C2)c2cccc(=O)n2C3)cc(=O)c1O)c1ccnc2ccccc12. The Morgan fingerprint density at radius 3 is 2.79 bits per heavy atom. The summed E-state index contributed by atoms with van der Waals surface area (Å²) in [5, 5.41) is 11.6. The number of amides is 1. The quantitative estimate of drug-likeness (QED) is 0.406. The number of fused-ring (bicyclic) bond motifs is 5. The molecular formula is C29H28N4O5. The van der Waals surface area contributed by atoms with Gasteiger partial charge in [-0.05, 0) is 36.1 Å². The fraction of sp³-hybridized carbons (Fsp3) is 0.310. The predicted octanol–water partition coefficient (Wildman–Crippen LogP) is 2.68. The molecule has 2 aliphatic rings. The van der Waals surface area contributed by atoms with E-state index in [1.165, 1.54) is 6.07 Å². The van der Waals surface area contributed by atoms with Gasteiger partial charge in [0.15, 0.2) is 5.76 Å². The lowest BCUT2D eigenvalue weighted by Gasteiger charge is -2.42. The average Bonchev–Trinajstić information content (AvgIpc) is 2.90. The average molecular weight is 513 g/mol. The summed E-state index contributed by atoms with van der Waals surface area (Å²) >= 11 is 0. The summed E-state index contributed by atoms with van der Waals surface area (Å²) in [7, 11) is 0. The summed E-state index contributed by atoms with van der Waals surface area (Å²) in [5.74, 6) is -0.905. The van der Waals surface area contributed by atoms with Gasteiger partial charge in [-0.15, -0.1) is 0 Å². The van der Waals surface area contributed by atoms with Gasteiger partial charge in [-0.3, -0.25) is 24.3 Å². The van der Waals surface area contributed by atoms with Gasteiger partial charge in [0, 0.05) is 61.4 Å². The van der Waals surface area contributed by atoms with Crippen LogP contribution in [-0.4, -0.2) is 38.6 Å². The Morgan fingerprint density at radius 2 is 1.95 bits per heavy atom. The first-order valence-corrected chi connectivity index (χ1v) is 12.8. The van der Waals surface area contributed by atoms with Crippen LogP contribution >= 0.6 is 0 Å². The first kappa shape index (κ1) is 24.1. The first-order chi connectivity index (χ1) is 18.4. The number of primary amides is 1. The Hall–Kier alpha value is -4.24. The van der Waals surface area contributed by atoms with Crippen molar-refractivity contribution in [1.29, 1.82) is 0 Å². The number of para-hydroxylation sites is 1. The molecule has 0 spiro atoms. The van der Waals surface area contributed by atoms with Crippen molar-refractivity contribution in [1.82, 2.24) is 14.5 Å². The predicted molar refractivity (Wildman–Crippen MR) is 141 cm³/mol. The molecule has 9 nitrogen and oxygen atoms in total. The van der Waals surface area contributed by atoms with Gasteiger partial charge in [0.1, 0.15) is 5.76 Å². The van der Waals surface area contributed by atoms with Crippen LogP contribution in [0.5, 0.6) is 5.75 Å². The number of nitrogens with zero attached hydrogens (tertiary/aromatic N) is 3. The second-order valence-corrected chi connectivity index (χ2v) is 10.3. The van der Waals surface area contributed by atoms with Crippen LogP contribution in [0, 0.1) is 5.92 Å². The van der Waals surface area contributed by atoms with Crippen molar-refractivity contribution in [3.8, 4) is 5.75 Å². The lowest BCUT2D eigenvalue weighted by molar-refractivity contribution is -0.118. The molecule has 2 aliphatic heterocycles. The molecule has 3 atom stereocenters. The molecule has 1 fully saturated rings. The molecule has 0 radical (unpaired) electrons. The lowest BCUT2D eigenvalue weighted by atomic mass is 9.83. The molecule has 38 heavy (non-hydrogen) atoms. The Morgan fingerprint density at radius 1 is 1.11 bits per heavy atom. The van der Waals surface area contributed by atoms with E-state index >= 15 is 0 Å². The number of nitrogens with two attached hydrogens (primary N) is 1. The number of rotatable bonds is 6. The van der Waals surface area contributed by atoms with Crippen molar-refractivity contribution in [3.63, 3.8) is 0 Å². The van der Waals surface area contributed by atoms with Crippen molar-refractivity contribution in [2.24, 2.45) is 11.7 Å². The number of carbonyl (C=O) groups excluding carboxylic acids is 1. The third-order valence-electron chi connectivity index (χ3n) is 7.71. The number of piperidine rings is 1. The van der Waals surface area contributed by atoms with Crippen LogP contribution < -0.4 is 16.7 Å². The van der Waals surface area contributed by atoms with Crippen molar-refractivity contribution in [2.75, 3.05) is 13.1 Å². The zero-order valence-electron chi connectivity index (χ0n) is 20.7. The Bertz CT molecular complexity index is 1650. The molecule has 6 rings (SSSR count). The molecule has 4 aromatic rings. The van der Waals surface area contributed by atoms with E-state index in [0.29, 0.717) is 30.3 Å². The summed E-state index contributed by atoms with van der Waals surface area (Å²) in [6, 6.07) is 15.9. The van der Waals surface area contributed by atoms with Crippen LogP contribution in [0.3, 0.4) is 0 Å². The molecule has 1 amide bonds. The molecule has 3 N–H and O–H groups in total. The number of benzene rings is 1. The minimum absolute atomic E-state index is 0.0248. The third kappa shape index (κ3) is 4.39. The molecular weight excluding hydrogens is 484 g/mol. The van der Waals surface area contributed by atoms with Crippen LogP contribution in [0.15, 0.2) is 74.8 Å². The summed E-state index contributed by atoms with van der Waals surface area (Å²) in [5.41, 5.74) is 7.52. The van der Waals surface area contributed by atoms with E-state index in [-0.39, 0.29) is 23.7 Å². The van der Waals surface area contributed by atoms with Gasteiger partial charge in [0.05, 0.1) is 18.0 Å². The Labute approximate surface area is 218 Å². The molecule has 1 saturated heterocycles. The molecule has 5 heterocycles. The fourth-order valence-electron chi connectivity index (χ4n) is 6.18. The van der Waals surface area contributed by atoms with E-state index in [1.807, 2.05) is 34.9 Å². The van der Waals surface area contributed by atoms with Crippen LogP contribution in [0.25, 0.3) is 10.9 Å². The van der Waals surface area contributed by atoms with Crippen LogP contribution in [-0.2, 0) is 17.9 Å². The molecule has 0 saturated carbocycles. The highest BCUT2D eigenvalue weighted by Crippen LogP contribution is 2.38. The molecule has 2 bridgehead atoms. The third-order valence-corrected chi connectivity index (χ3v) is 7.71. The van der Waals surface area contributed by atoms with Crippen molar-refractivity contribution < 1.29 is 14.3 Å². The first-order valence-electron chi connectivity index (χ1n) is 12.8. The van der Waals surface area contributed by atoms with Crippen molar-refractivity contribution in [2.45, 2.75) is 37.8 Å². The fourth-order valence-corrected chi connectivity index (χ4v) is 6.18. The normalized spacial score (nSPS) is 19.7. The minimum atomic E-state index is -0.757. The number of carbonyl (C=O) groups is 1. The summed E-state index contributed by atoms with van der Waals surface area (Å²) < 4.78 is 8.07. The molecule has 9 heteroatoms. The highest BCUT2D eigenvalue weighted by atomic mass is 16.4. The summed E-state index contributed by atoms with van der Waals surface area (Å²) in [6.45, 7) is 2.52. The summed E-state index contributed by atoms with van der Waals surface area (Å²) in [6.07, 6.45) is 2.49. The molecule has 0 unspecified atom stereocenters. The van der Waals surface area contributed by atoms with E-state index in [1.54, 1.807) is 24.4 Å². The maximum Gasteiger partial charge on any atom is 0.250 e. The number of hydrogen-bond acceptors (Lipinski definition) is 7. The maximum atomic E-state index is 12.9. The van der Waals surface area contributed by atoms with Gasteiger partial charge in [0.25, 0.3) is 5.56 Å². The van der Waals surface area contributed by atoms with Gasteiger partial charge in [-0.25, -0.2) is 0 Å². The van der Waals surface area contributed by atoms with E-state index in [2.05, 4.69) is 9.88 Å². The molecule has 0 aliphatic carbocycles. The van der Waals surface area contributed by atoms with Gasteiger partial charge in [0.2, 0.25) is 17.1 Å². The second kappa shape index (κ2) is 9.57. The van der Waals surface area contributed by atoms with Crippen LogP contribution in [0.1, 0.15) is 47.5 Å². The molecule has 1 aromatic carbocycles. The number of aromatic nitrogens is 2. The van der Waals surface area contributed by atoms with Gasteiger partial charge >= 0.3 is 0 Å². The topological polar surface area (TPSA) is 132 Å². The second-order valence-electron chi connectivity index (χ2n) is 10.3. The van der Waals surface area contributed by atoms with E-state index in [9.17, 15) is 19.5 Å². The monoisotopic (exact) mass is 512 g/mol. The number of aromatic hydroxyl groups is 1. The maximum absolute atomic E-state index is 12.9. The molecule has 3 aromatic heterocycles. The summed E-state index contributed by atoms with van der Waals surface area (Å²) in [4.78, 5) is 43.9. The van der Waals surface area contributed by atoms with Crippen LogP contribution in [0.2, 0.25) is 0 Å². The zero-order chi connectivity index (χ0) is 26.4. The number of likely N-dealkylation sites (tertiary alicyclic amines) is 1. The highest BCUT2D eigenvalue weighted by Gasteiger charge is 2.35. The lowest BCUT2D eigenvalue weighted by Crippen LogP contribution is -2.46. The largest absolute Gasteiger partial charge is 0.502 e.